The van der Waals surface area contributed by atoms with E-state index in [1.165, 1.54) is 11.1 Å². The molecule has 112 valence electrons. The van der Waals surface area contributed by atoms with Gasteiger partial charge in [-0.3, -0.25) is 0 Å². The first-order valence-electron chi connectivity index (χ1n) is 7.41. The van der Waals surface area contributed by atoms with E-state index >= 15 is 0 Å². The quantitative estimate of drug-likeness (QED) is 0.781. The first kappa shape index (κ1) is 14.8. The van der Waals surface area contributed by atoms with Crippen LogP contribution in [-0.4, -0.2) is 20.3 Å². The van der Waals surface area contributed by atoms with Gasteiger partial charge in [-0.1, -0.05) is 66.7 Å². The summed E-state index contributed by atoms with van der Waals surface area (Å²) >= 11 is 0. The molecule has 2 aromatic carbocycles. The minimum Gasteiger partial charge on any atom is -0.373 e. The Morgan fingerprint density at radius 1 is 0.818 bits per heavy atom. The fraction of sp³-hybridized carbons (Fsp3) is 0.200. The first-order valence-corrected chi connectivity index (χ1v) is 7.41. The van der Waals surface area contributed by atoms with Crippen molar-refractivity contribution >= 4 is 0 Å². The Balaban J connectivity index is 2.10. The van der Waals surface area contributed by atoms with E-state index in [1.54, 1.807) is 14.2 Å². The second-order valence-electron chi connectivity index (χ2n) is 5.33. The highest BCUT2D eigenvalue weighted by atomic mass is 16.5. The summed E-state index contributed by atoms with van der Waals surface area (Å²) < 4.78 is 11.2. The van der Waals surface area contributed by atoms with Gasteiger partial charge in [-0.15, -0.1) is 0 Å². The highest BCUT2D eigenvalue weighted by molar-refractivity contribution is 5.70. The highest BCUT2D eigenvalue weighted by Gasteiger charge is 2.31. The number of hydrogen-bond acceptors (Lipinski definition) is 2. The van der Waals surface area contributed by atoms with E-state index in [4.69, 9.17) is 9.47 Å². The van der Waals surface area contributed by atoms with Crippen molar-refractivity contribution in [3.63, 3.8) is 0 Å². The van der Waals surface area contributed by atoms with Crippen molar-refractivity contribution in [2.75, 3.05) is 14.2 Å². The standard InChI is InChI=1S/C20H20O2/c1-21-17-12-14-20(22-2,15-13-17)19-11-7-6-10-18(19)16-8-4-3-5-9-16/h3-15,17H,1-2H3. The molecule has 2 aromatic rings. The van der Waals surface area contributed by atoms with E-state index < -0.39 is 5.60 Å². The van der Waals surface area contributed by atoms with Gasteiger partial charge in [0.2, 0.25) is 0 Å². The maximum atomic E-state index is 5.89. The summed E-state index contributed by atoms with van der Waals surface area (Å²) in [5.41, 5.74) is 2.94. The minimum atomic E-state index is -0.554. The number of rotatable bonds is 4. The molecular weight excluding hydrogens is 272 g/mol. The third-order valence-corrected chi connectivity index (χ3v) is 4.11. The Bertz CT molecular complexity index is 672. The predicted molar refractivity (Wildman–Crippen MR) is 89.6 cm³/mol. The van der Waals surface area contributed by atoms with E-state index in [0.717, 1.165) is 5.56 Å². The number of ether oxygens (including phenoxy) is 2. The summed E-state index contributed by atoms with van der Waals surface area (Å²) in [4.78, 5) is 0. The lowest BCUT2D eigenvalue weighted by molar-refractivity contribution is 0.0662. The van der Waals surface area contributed by atoms with Gasteiger partial charge in [-0.25, -0.2) is 0 Å². The van der Waals surface area contributed by atoms with Crippen LogP contribution in [0.25, 0.3) is 11.1 Å². The Morgan fingerprint density at radius 2 is 1.45 bits per heavy atom. The molecule has 2 nitrogen and oxygen atoms in total. The van der Waals surface area contributed by atoms with Gasteiger partial charge in [-0.2, -0.15) is 0 Å². The zero-order valence-corrected chi connectivity index (χ0v) is 12.9. The van der Waals surface area contributed by atoms with E-state index in [9.17, 15) is 0 Å². The van der Waals surface area contributed by atoms with Gasteiger partial charge >= 0.3 is 0 Å². The third-order valence-electron chi connectivity index (χ3n) is 4.11. The smallest absolute Gasteiger partial charge is 0.130 e. The molecule has 0 fully saturated rings. The van der Waals surface area contributed by atoms with Crippen molar-refractivity contribution in [2.45, 2.75) is 11.7 Å². The number of hydrogen-bond donors (Lipinski definition) is 0. The van der Waals surface area contributed by atoms with Crippen LogP contribution in [0.5, 0.6) is 0 Å². The van der Waals surface area contributed by atoms with Gasteiger partial charge < -0.3 is 9.47 Å². The van der Waals surface area contributed by atoms with Gasteiger partial charge in [0.1, 0.15) is 5.60 Å². The zero-order chi connectivity index (χ0) is 15.4. The molecule has 0 bridgehead atoms. The molecule has 0 amide bonds. The molecule has 0 aliphatic heterocycles. The highest BCUT2D eigenvalue weighted by Crippen LogP contribution is 2.38. The molecule has 2 heteroatoms. The van der Waals surface area contributed by atoms with Crippen LogP contribution in [0.2, 0.25) is 0 Å². The molecule has 0 radical (unpaired) electrons. The molecule has 0 saturated heterocycles. The second-order valence-corrected chi connectivity index (χ2v) is 5.33. The van der Waals surface area contributed by atoms with Gasteiger partial charge in [0, 0.05) is 14.2 Å². The van der Waals surface area contributed by atoms with E-state index in [2.05, 4.69) is 54.6 Å². The fourth-order valence-corrected chi connectivity index (χ4v) is 2.87. The van der Waals surface area contributed by atoms with Crippen LogP contribution in [0.4, 0.5) is 0 Å². The summed E-state index contributed by atoms with van der Waals surface area (Å²) in [5.74, 6) is 0. The molecule has 1 aliphatic rings. The number of methoxy groups -OCH3 is 2. The molecule has 0 N–H and O–H groups in total. The van der Waals surface area contributed by atoms with Crippen LogP contribution in [0.15, 0.2) is 78.9 Å². The lowest BCUT2D eigenvalue weighted by Crippen LogP contribution is -2.28. The molecule has 0 aromatic heterocycles. The predicted octanol–water partition coefficient (Wildman–Crippen LogP) is 4.34. The summed E-state index contributed by atoms with van der Waals surface area (Å²) in [6.07, 6.45) is 8.22. The monoisotopic (exact) mass is 292 g/mol. The molecule has 22 heavy (non-hydrogen) atoms. The van der Waals surface area contributed by atoms with Crippen molar-refractivity contribution in [2.24, 2.45) is 0 Å². The Morgan fingerprint density at radius 3 is 2.09 bits per heavy atom. The Labute approximate surface area is 131 Å². The maximum absolute atomic E-state index is 5.89. The van der Waals surface area contributed by atoms with Crippen LogP contribution in [0.3, 0.4) is 0 Å². The summed E-state index contributed by atoms with van der Waals surface area (Å²) in [6.45, 7) is 0. The molecule has 0 heterocycles. The minimum absolute atomic E-state index is 0.00663. The van der Waals surface area contributed by atoms with Crippen LogP contribution in [0.1, 0.15) is 5.56 Å². The average molecular weight is 292 g/mol. The zero-order valence-electron chi connectivity index (χ0n) is 12.9. The largest absolute Gasteiger partial charge is 0.373 e. The van der Waals surface area contributed by atoms with Crippen molar-refractivity contribution in [1.29, 1.82) is 0 Å². The Hall–Kier alpha value is -2.16. The van der Waals surface area contributed by atoms with Crippen LogP contribution >= 0.6 is 0 Å². The van der Waals surface area contributed by atoms with Crippen LogP contribution < -0.4 is 0 Å². The molecule has 0 saturated carbocycles. The van der Waals surface area contributed by atoms with Crippen molar-refractivity contribution in [3.8, 4) is 11.1 Å². The molecule has 3 rings (SSSR count). The van der Waals surface area contributed by atoms with Crippen molar-refractivity contribution in [1.82, 2.24) is 0 Å². The van der Waals surface area contributed by atoms with E-state index in [1.807, 2.05) is 24.3 Å². The average Bonchev–Trinajstić information content (AvgIpc) is 2.62. The molecule has 0 unspecified atom stereocenters. The molecule has 0 atom stereocenters. The van der Waals surface area contributed by atoms with Gasteiger partial charge in [0.05, 0.1) is 6.10 Å². The van der Waals surface area contributed by atoms with Crippen molar-refractivity contribution in [3.05, 3.63) is 84.5 Å². The fourth-order valence-electron chi connectivity index (χ4n) is 2.87. The first-order chi connectivity index (χ1) is 10.8. The van der Waals surface area contributed by atoms with E-state index in [0.29, 0.717) is 0 Å². The van der Waals surface area contributed by atoms with Gasteiger partial charge in [0.15, 0.2) is 0 Å². The second kappa shape index (κ2) is 6.30. The van der Waals surface area contributed by atoms with Gasteiger partial charge in [-0.05, 0) is 28.8 Å². The summed E-state index contributed by atoms with van der Waals surface area (Å²) in [7, 11) is 3.45. The van der Waals surface area contributed by atoms with Gasteiger partial charge in [0.25, 0.3) is 0 Å². The number of benzene rings is 2. The topological polar surface area (TPSA) is 18.5 Å². The lowest BCUT2D eigenvalue weighted by Gasteiger charge is -2.32. The molecule has 0 spiro atoms. The van der Waals surface area contributed by atoms with Crippen LogP contribution in [-0.2, 0) is 15.1 Å². The molecular formula is C20H20O2. The lowest BCUT2D eigenvalue weighted by atomic mass is 9.84. The van der Waals surface area contributed by atoms with E-state index in [-0.39, 0.29) is 6.10 Å². The normalized spacial score (nSPS) is 23.6. The SMILES string of the molecule is COC1C=CC(OC)(c2ccccc2-c2ccccc2)C=C1. The van der Waals surface area contributed by atoms with Crippen LogP contribution in [0, 0.1) is 0 Å². The maximum Gasteiger partial charge on any atom is 0.130 e. The third kappa shape index (κ3) is 2.63. The summed E-state index contributed by atoms with van der Waals surface area (Å²) in [6, 6.07) is 18.7. The Kier molecular flexibility index (Phi) is 4.23. The van der Waals surface area contributed by atoms with Crippen molar-refractivity contribution < 1.29 is 9.47 Å². The summed E-state index contributed by atoms with van der Waals surface area (Å²) in [5, 5.41) is 0. The molecule has 1 aliphatic carbocycles.